The van der Waals surface area contributed by atoms with Crippen molar-refractivity contribution in [3.8, 4) is 89.0 Å². The fourth-order valence-electron chi connectivity index (χ4n) is 17.5. The maximum Gasteiger partial charge on any atom is 0.135 e. The molecule has 0 unspecified atom stereocenters. The number of rotatable bonds is 28. The lowest BCUT2D eigenvalue weighted by atomic mass is 9.97. The summed E-state index contributed by atoms with van der Waals surface area (Å²) in [6, 6.07) is 124. The number of aryl methyl sites for hydroxylation is 6. The van der Waals surface area contributed by atoms with Gasteiger partial charge in [-0.05, 0) is 359 Å². The van der Waals surface area contributed by atoms with E-state index in [1.165, 1.54) is 183 Å². The van der Waals surface area contributed by atoms with E-state index in [9.17, 15) is 0 Å². The van der Waals surface area contributed by atoms with E-state index in [1.54, 1.807) is 0 Å². The zero-order valence-corrected chi connectivity index (χ0v) is 75.2. The Hall–Kier alpha value is -12.3. The van der Waals surface area contributed by atoms with Crippen LogP contribution in [0.2, 0.25) is 0 Å². The standard InChI is InChI=1S/C30H30N2O.2C30H30N2S.C26H22N2S.3CH4/c2*31-15-3-7-21-5-1-9-23(17-21)25-11-13-29-27(19-25)28-20-26(12-14-30(28)33-29)24-10-2-6-22(18-24)8-4-16-32;31-17-1-3-21-5-9-23(10-6-21)25-13-15-29-27(19-25)28-20-26(14-16-30(28)33-29)24-11-7-22(8-12-24)4-2-18-32;27-15-17-3-1-5-19(11-17)21-7-9-25-23(13-21)24-14-22(8-10-26(24)29-25)20-6-2-4-18(12-20)16-28;;;/h2*1-2,5-6,9-14,17-20H,3-4,7-8,15-16,31-32H2;5-16,19-20H,1-4,17-18,31-32H2;1-14H,15-16,27-28H2;3*1H4. The molecule has 20 rings (SSSR count). The van der Waals surface area contributed by atoms with Crippen LogP contribution >= 0.6 is 34.0 Å². The van der Waals surface area contributed by atoms with E-state index in [2.05, 4.69) is 340 Å². The van der Waals surface area contributed by atoms with Gasteiger partial charge in [0.05, 0.1) is 0 Å². The highest BCUT2D eigenvalue weighted by molar-refractivity contribution is 7.26. The van der Waals surface area contributed by atoms with Crippen LogP contribution in [-0.2, 0) is 51.6 Å². The molecule has 0 aliphatic heterocycles. The van der Waals surface area contributed by atoms with Gasteiger partial charge in [-0.1, -0.05) is 253 Å². The van der Waals surface area contributed by atoms with Crippen molar-refractivity contribution in [3.05, 3.63) is 384 Å². The maximum absolute atomic E-state index is 6.16. The molecule has 0 bridgehead atoms. The second-order valence-corrected chi connectivity index (χ2v) is 36.7. The van der Waals surface area contributed by atoms with E-state index in [0.717, 1.165) is 149 Å². The normalized spacial score (nSPS) is 11.2. The van der Waals surface area contributed by atoms with Crippen LogP contribution in [-0.4, -0.2) is 39.3 Å². The molecule has 20 aromatic rings. The minimum atomic E-state index is 0. The summed E-state index contributed by atoms with van der Waals surface area (Å²) in [5.41, 5.74) is 77.8. The summed E-state index contributed by atoms with van der Waals surface area (Å²) in [6.07, 6.45) is 12.3. The van der Waals surface area contributed by atoms with Crippen molar-refractivity contribution in [2.24, 2.45) is 45.9 Å². The van der Waals surface area contributed by atoms with Gasteiger partial charge in [-0.25, -0.2) is 0 Å². The van der Waals surface area contributed by atoms with E-state index in [0.29, 0.717) is 13.1 Å². The fraction of sp³-hybridized carbons (Fsp3) is 0.193. The molecule has 12 heteroatoms. The Labute approximate surface area is 785 Å². The zero-order chi connectivity index (χ0) is 87.7. The number of fused-ring (bicyclic) bond motifs is 12. The number of hydrogen-bond acceptors (Lipinski definition) is 12. The molecular formula is C119H124N8OS3. The van der Waals surface area contributed by atoms with Gasteiger partial charge < -0.3 is 50.3 Å². The molecule has 0 aliphatic carbocycles. The smallest absolute Gasteiger partial charge is 0.135 e. The number of nitrogens with two attached hydrogens (primary N) is 8. The molecule has 0 saturated heterocycles. The Bertz CT molecular complexity index is 6580. The third-order valence-electron chi connectivity index (χ3n) is 24.5. The number of benzene rings is 16. The van der Waals surface area contributed by atoms with Gasteiger partial charge in [0, 0.05) is 84.4 Å². The van der Waals surface area contributed by atoms with Crippen molar-refractivity contribution in [1.82, 2.24) is 0 Å². The largest absolute Gasteiger partial charge is 0.456 e. The molecule has 0 spiro atoms. The predicted molar refractivity (Wildman–Crippen MR) is 575 cm³/mol. The van der Waals surface area contributed by atoms with Crippen LogP contribution in [0.25, 0.3) is 171 Å². The summed E-state index contributed by atoms with van der Waals surface area (Å²) in [5.74, 6) is 0. The number of furan rings is 1. The van der Waals surface area contributed by atoms with Gasteiger partial charge in [0.15, 0.2) is 0 Å². The molecule has 9 nitrogen and oxygen atoms in total. The highest BCUT2D eigenvalue weighted by atomic mass is 32.1. The first kappa shape index (κ1) is 94.8. The van der Waals surface area contributed by atoms with Gasteiger partial charge in [-0.3, -0.25) is 0 Å². The van der Waals surface area contributed by atoms with Crippen LogP contribution < -0.4 is 45.9 Å². The highest BCUT2D eigenvalue weighted by Crippen LogP contribution is 2.44. The quantitative estimate of drug-likeness (QED) is 0.0233. The summed E-state index contributed by atoms with van der Waals surface area (Å²) in [5, 5.41) is 10.2. The Kier molecular flexibility index (Phi) is 32.9. The van der Waals surface area contributed by atoms with Crippen molar-refractivity contribution in [2.45, 2.75) is 112 Å². The summed E-state index contributed by atoms with van der Waals surface area (Å²) >= 11 is 5.58. The summed E-state index contributed by atoms with van der Waals surface area (Å²) in [7, 11) is 0. The molecule has 0 aliphatic rings. The first-order chi connectivity index (χ1) is 63.0. The van der Waals surface area contributed by atoms with Crippen LogP contribution in [0.3, 0.4) is 0 Å². The number of thiophene rings is 3. The van der Waals surface area contributed by atoms with Crippen LogP contribution in [0, 0.1) is 0 Å². The minimum absolute atomic E-state index is 0. The molecule has 16 N–H and O–H groups in total. The third-order valence-corrected chi connectivity index (χ3v) is 28.0. The topological polar surface area (TPSA) is 221 Å². The molecule has 0 amide bonds. The van der Waals surface area contributed by atoms with Crippen molar-refractivity contribution < 1.29 is 4.42 Å². The summed E-state index contributed by atoms with van der Waals surface area (Å²) in [6.45, 7) is 5.50. The molecule has 131 heavy (non-hydrogen) atoms. The lowest BCUT2D eigenvalue weighted by Crippen LogP contribution is -2.00. The maximum atomic E-state index is 6.16. The Morgan fingerprint density at radius 2 is 0.351 bits per heavy atom. The molecule has 664 valence electrons. The SMILES string of the molecule is C.C.C.NCCCc1ccc(-c2ccc3sc4ccc(-c5ccc(CCCN)cc5)cc4c3c2)cc1.NCCCc1cccc(-c2ccc3oc4ccc(-c5cccc(CCCN)c5)cc4c3c2)c1.NCCCc1cccc(-c2ccc3sc4ccc(-c5cccc(CCCN)c5)cc4c3c2)c1.NCc1cccc(-c2ccc3sc4ccc(-c5cccc(CN)c5)cc4c3c2)c1. The van der Waals surface area contributed by atoms with Crippen LogP contribution in [0.15, 0.2) is 344 Å². The van der Waals surface area contributed by atoms with Gasteiger partial charge >= 0.3 is 0 Å². The van der Waals surface area contributed by atoms with Gasteiger partial charge in [0.2, 0.25) is 0 Å². The van der Waals surface area contributed by atoms with E-state index >= 15 is 0 Å². The lowest BCUT2D eigenvalue weighted by molar-refractivity contribution is 0.669. The monoisotopic (exact) mass is 1780 g/mol. The second-order valence-electron chi connectivity index (χ2n) is 33.5. The molecule has 0 saturated carbocycles. The Balaban J connectivity index is 0.000000140. The Morgan fingerprint density at radius 3 is 0.580 bits per heavy atom. The summed E-state index contributed by atoms with van der Waals surface area (Å²) in [4.78, 5) is 0. The summed E-state index contributed by atoms with van der Waals surface area (Å²) < 4.78 is 14.1. The van der Waals surface area contributed by atoms with Gasteiger partial charge in [0.1, 0.15) is 11.2 Å². The molecule has 16 aromatic carbocycles. The average Bonchev–Trinajstić information content (AvgIpc) is 1.65. The van der Waals surface area contributed by atoms with Crippen molar-refractivity contribution >= 4 is 116 Å². The average molecular weight is 1780 g/mol. The first-order valence-corrected chi connectivity index (χ1v) is 47.7. The number of hydrogen-bond donors (Lipinski definition) is 8. The van der Waals surface area contributed by atoms with Crippen molar-refractivity contribution in [2.75, 3.05) is 39.3 Å². The van der Waals surface area contributed by atoms with Gasteiger partial charge in [0.25, 0.3) is 0 Å². The van der Waals surface area contributed by atoms with Crippen LogP contribution in [0.4, 0.5) is 0 Å². The van der Waals surface area contributed by atoms with E-state index < -0.39 is 0 Å². The van der Waals surface area contributed by atoms with E-state index in [4.69, 9.17) is 50.3 Å². The van der Waals surface area contributed by atoms with Crippen molar-refractivity contribution in [3.63, 3.8) is 0 Å². The molecule has 0 atom stereocenters. The molecule has 4 aromatic heterocycles. The van der Waals surface area contributed by atoms with E-state index in [-0.39, 0.29) is 22.3 Å². The van der Waals surface area contributed by atoms with Crippen LogP contribution in [0.1, 0.15) is 105 Å². The third kappa shape index (κ3) is 22.6. The Morgan fingerprint density at radius 1 is 0.168 bits per heavy atom. The predicted octanol–water partition coefficient (Wildman–Crippen LogP) is 29.3. The minimum Gasteiger partial charge on any atom is -0.456 e. The first-order valence-electron chi connectivity index (χ1n) is 45.2. The van der Waals surface area contributed by atoms with Gasteiger partial charge in [-0.2, -0.15) is 0 Å². The molecular weight excluding hydrogens is 1650 g/mol. The molecule has 0 fully saturated rings. The second kappa shape index (κ2) is 45.5. The van der Waals surface area contributed by atoms with Gasteiger partial charge in [-0.15, -0.1) is 34.0 Å². The molecule has 4 heterocycles. The van der Waals surface area contributed by atoms with E-state index in [1.807, 2.05) is 34.0 Å². The highest BCUT2D eigenvalue weighted by Gasteiger charge is 2.17. The van der Waals surface area contributed by atoms with Crippen LogP contribution in [0.5, 0.6) is 0 Å². The zero-order valence-electron chi connectivity index (χ0n) is 72.7. The van der Waals surface area contributed by atoms with Crippen molar-refractivity contribution in [1.29, 1.82) is 0 Å². The molecule has 0 radical (unpaired) electrons. The fourth-order valence-corrected chi connectivity index (χ4v) is 20.7. The lowest BCUT2D eigenvalue weighted by Gasteiger charge is -2.07.